The number of benzene rings is 1. The van der Waals surface area contributed by atoms with Crippen LogP contribution in [-0.2, 0) is 24.1 Å². The normalized spacial score (nSPS) is 16.2. The molecule has 2 aromatic rings. The number of nitrogens with one attached hydrogen (secondary N) is 2. The number of rotatable bonds is 7. The lowest BCUT2D eigenvalue weighted by molar-refractivity contribution is -0.120. The van der Waals surface area contributed by atoms with E-state index < -0.39 is 0 Å². The Morgan fingerprint density at radius 1 is 1.20 bits per heavy atom. The molecule has 0 bridgehead atoms. The summed E-state index contributed by atoms with van der Waals surface area (Å²) >= 11 is 0. The maximum Gasteiger partial charge on any atom is 0.224 e. The molecular weight excluding hydrogens is 336 g/mol. The lowest BCUT2D eigenvalue weighted by Gasteiger charge is -2.09. The average Bonchev–Trinajstić information content (AvgIpc) is 3.11. The maximum atomic E-state index is 12.0. The molecule has 6 heteroatoms. The van der Waals surface area contributed by atoms with Gasteiger partial charge in [0.1, 0.15) is 0 Å². The molecule has 1 aliphatic heterocycles. The first-order chi connectivity index (χ1) is 11.8. The molecule has 0 radical (unpaired) electrons. The fraction of sp³-hybridized carbons (Fsp3) is 0.421. The van der Waals surface area contributed by atoms with Crippen molar-refractivity contribution in [2.24, 2.45) is 5.92 Å². The van der Waals surface area contributed by atoms with Gasteiger partial charge in [0, 0.05) is 31.6 Å². The number of halogens is 1. The fourth-order valence-corrected chi connectivity index (χ4v) is 3.05. The third kappa shape index (κ3) is 6.44. The van der Waals surface area contributed by atoms with Crippen LogP contribution in [0.5, 0.6) is 0 Å². The van der Waals surface area contributed by atoms with Crippen molar-refractivity contribution in [1.82, 2.24) is 20.6 Å². The number of hydrogen-bond donors (Lipinski definition) is 2. The second-order valence-electron chi connectivity index (χ2n) is 6.35. The van der Waals surface area contributed by atoms with Crippen LogP contribution in [0.3, 0.4) is 0 Å². The van der Waals surface area contributed by atoms with Gasteiger partial charge in [0.25, 0.3) is 0 Å². The molecule has 1 atom stereocenters. The van der Waals surface area contributed by atoms with Gasteiger partial charge in [-0.05, 0) is 43.0 Å². The standard InChI is InChI=1S/C19H24N4O.ClH/c24-19(23-8-6-18-14-21-9-10-22-18)12-16-3-1-15(2-4-16)11-17-5-7-20-13-17;/h1-4,9-10,14,17,20H,5-8,11-13H2,(H,23,24);1H. The molecule has 0 saturated carbocycles. The number of hydrogen-bond acceptors (Lipinski definition) is 4. The van der Waals surface area contributed by atoms with Crippen LogP contribution in [0.4, 0.5) is 0 Å². The van der Waals surface area contributed by atoms with Crippen LogP contribution >= 0.6 is 12.4 Å². The number of amides is 1. The highest BCUT2D eigenvalue weighted by Gasteiger charge is 2.14. The molecule has 0 spiro atoms. The molecule has 25 heavy (non-hydrogen) atoms. The van der Waals surface area contributed by atoms with E-state index in [1.807, 2.05) is 0 Å². The van der Waals surface area contributed by atoms with Gasteiger partial charge < -0.3 is 10.6 Å². The van der Waals surface area contributed by atoms with Gasteiger partial charge in [-0.15, -0.1) is 12.4 Å². The molecule has 2 N–H and O–H groups in total. The SMILES string of the molecule is Cl.O=C(Cc1ccc(CC2CCNC2)cc1)NCCc1cnccn1. The first-order valence-electron chi connectivity index (χ1n) is 8.60. The second kappa shape index (κ2) is 10.1. The van der Waals surface area contributed by atoms with Gasteiger partial charge in [-0.25, -0.2) is 0 Å². The van der Waals surface area contributed by atoms with E-state index in [2.05, 4.69) is 44.9 Å². The predicted octanol–water partition coefficient (Wildman–Crippen LogP) is 1.95. The van der Waals surface area contributed by atoms with Crippen molar-refractivity contribution in [3.63, 3.8) is 0 Å². The van der Waals surface area contributed by atoms with Crippen LogP contribution in [-0.4, -0.2) is 35.5 Å². The van der Waals surface area contributed by atoms with E-state index in [9.17, 15) is 4.79 Å². The quantitative estimate of drug-likeness (QED) is 0.792. The summed E-state index contributed by atoms with van der Waals surface area (Å²) in [5, 5.41) is 6.34. The molecule has 1 aromatic carbocycles. The molecule has 1 unspecified atom stereocenters. The highest BCUT2D eigenvalue weighted by atomic mass is 35.5. The van der Waals surface area contributed by atoms with Gasteiger partial charge in [0.05, 0.1) is 12.1 Å². The summed E-state index contributed by atoms with van der Waals surface area (Å²) in [4.78, 5) is 20.2. The van der Waals surface area contributed by atoms with E-state index in [1.54, 1.807) is 18.6 Å². The molecular formula is C19H25ClN4O. The molecule has 5 nitrogen and oxygen atoms in total. The third-order valence-electron chi connectivity index (χ3n) is 4.39. The minimum atomic E-state index is 0. The second-order valence-corrected chi connectivity index (χ2v) is 6.35. The van der Waals surface area contributed by atoms with E-state index in [1.165, 1.54) is 12.0 Å². The van der Waals surface area contributed by atoms with E-state index in [0.717, 1.165) is 36.7 Å². The minimum absolute atomic E-state index is 0. The van der Waals surface area contributed by atoms with Crippen molar-refractivity contribution < 1.29 is 4.79 Å². The average molecular weight is 361 g/mol. The minimum Gasteiger partial charge on any atom is -0.355 e. The van der Waals surface area contributed by atoms with Crippen molar-refractivity contribution >= 4 is 18.3 Å². The van der Waals surface area contributed by atoms with Crippen LogP contribution < -0.4 is 10.6 Å². The highest BCUT2D eigenvalue weighted by Crippen LogP contribution is 2.15. The van der Waals surface area contributed by atoms with Gasteiger partial charge in [0.2, 0.25) is 5.91 Å². The number of carbonyl (C=O) groups is 1. The molecule has 0 aliphatic carbocycles. The van der Waals surface area contributed by atoms with E-state index in [-0.39, 0.29) is 18.3 Å². The summed E-state index contributed by atoms with van der Waals surface area (Å²) in [5.41, 5.74) is 3.30. The van der Waals surface area contributed by atoms with Crippen molar-refractivity contribution in [2.75, 3.05) is 19.6 Å². The zero-order valence-electron chi connectivity index (χ0n) is 14.3. The summed E-state index contributed by atoms with van der Waals surface area (Å²) in [6, 6.07) is 8.45. The van der Waals surface area contributed by atoms with E-state index >= 15 is 0 Å². The molecule has 1 amide bonds. The molecule has 134 valence electrons. The Bertz CT molecular complexity index is 642. The Morgan fingerprint density at radius 2 is 2.00 bits per heavy atom. The number of carbonyl (C=O) groups excluding carboxylic acids is 1. The van der Waals surface area contributed by atoms with Gasteiger partial charge in [-0.1, -0.05) is 24.3 Å². The van der Waals surface area contributed by atoms with Crippen LogP contribution in [0, 0.1) is 5.92 Å². The first-order valence-corrected chi connectivity index (χ1v) is 8.60. The summed E-state index contributed by atoms with van der Waals surface area (Å²) < 4.78 is 0. The Balaban J connectivity index is 0.00000225. The molecule has 1 aliphatic rings. The summed E-state index contributed by atoms with van der Waals surface area (Å²) in [5.74, 6) is 0.798. The Kier molecular flexibility index (Phi) is 7.82. The molecule has 1 fully saturated rings. The fourth-order valence-electron chi connectivity index (χ4n) is 3.05. The van der Waals surface area contributed by atoms with Gasteiger partial charge >= 0.3 is 0 Å². The molecule has 2 heterocycles. The lowest BCUT2D eigenvalue weighted by atomic mass is 9.97. The number of aromatic nitrogens is 2. The maximum absolute atomic E-state index is 12.0. The van der Waals surface area contributed by atoms with Crippen molar-refractivity contribution in [3.8, 4) is 0 Å². The summed E-state index contributed by atoms with van der Waals surface area (Å²) in [7, 11) is 0. The van der Waals surface area contributed by atoms with Crippen molar-refractivity contribution in [3.05, 3.63) is 59.7 Å². The summed E-state index contributed by atoms with van der Waals surface area (Å²) in [6.07, 6.45) is 8.55. The van der Waals surface area contributed by atoms with Gasteiger partial charge in [-0.3, -0.25) is 14.8 Å². The van der Waals surface area contributed by atoms with E-state index in [0.29, 0.717) is 19.4 Å². The third-order valence-corrected chi connectivity index (χ3v) is 4.39. The Hall–Kier alpha value is -1.98. The molecule has 3 rings (SSSR count). The van der Waals surface area contributed by atoms with Crippen LogP contribution in [0.25, 0.3) is 0 Å². The van der Waals surface area contributed by atoms with Crippen molar-refractivity contribution in [2.45, 2.75) is 25.7 Å². The summed E-state index contributed by atoms with van der Waals surface area (Å²) in [6.45, 7) is 2.84. The van der Waals surface area contributed by atoms with Crippen LogP contribution in [0.2, 0.25) is 0 Å². The topological polar surface area (TPSA) is 66.9 Å². The van der Waals surface area contributed by atoms with E-state index in [4.69, 9.17) is 0 Å². The smallest absolute Gasteiger partial charge is 0.224 e. The van der Waals surface area contributed by atoms with Gasteiger partial charge in [-0.2, -0.15) is 0 Å². The predicted molar refractivity (Wildman–Crippen MR) is 101 cm³/mol. The highest BCUT2D eigenvalue weighted by molar-refractivity contribution is 5.85. The Labute approximate surface area is 155 Å². The lowest BCUT2D eigenvalue weighted by Crippen LogP contribution is -2.27. The first kappa shape index (κ1) is 19.3. The molecule has 1 aromatic heterocycles. The zero-order valence-corrected chi connectivity index (χ0v) is 15.1. The van der Waals surface area contributed by atoms with Crippen LogP contribution in [0.1, 0.15) is 23.2 Å². The zero-order chi connectivity index (χ0) is 16.6. The monoisotopic (exact) mass is 360 g/mol. The van der Waals surface area contributed by atoms with Crippen molar-refractivity contribution in [1.29, 1.82) is 0 Å². The Morgan fingerprint density at radius 3 is 2.68 bits per heavy atom. The van der Waals surface area contributed by atoms with Gasteiger partial charge in [0.15, 0.2) is 0 Å². The van der Waals surface area contributed by atoms with Crippen LogP contribution in [0.15, 0.2) is 42.9 Å². The number of nitrogens with zero attached hydrogens (tertiary/aromatic N) is 2. The molecule has 1 saturated heterocycles. The largest absolute Gasteiger partial charge is 0.355 e.